The SMILES string of the molecule is O=C(Nc1cnn(CC(F)F)c1)[C@H]1CC(=O)N(CC(F)(F)F)C1. The molecule has 128 valence electrons. The molecular formula is C12H13F5N4O2. The molecule has 11 heteroatoms. The Morgan fingerprint density at radius 3 is 2.74 bits per heavy atom. The molecule has 2 amide bonds. The van der Waals surface area contributed by atoms with Crippen LogP contribution in [0.2, 0.25) is 0 Å². The smallest absolute Gasteiger partial charge is 0.333 e. The van der Waals surface area contributed by atoms with Crippen molar-refractivity contribution in [2.24, 2.45) is 5.92 Å². The second-order valence-electron chi connectivity index (χ2n) is 5.12. The Bertz CT molecular complexity index is 586. The van der Waals surface area contributed by atoms with Gasteiger partial charge in [0, 0.05) is 19.2 Å². The van der Waals surface area contributed by atoms with E-state index in [-0.39, 0.29) is 18.7 Å². The maximum Gasteiger partial charge on any atom is 0.406 e. The van der Waals surface area contributed by atoms with Gasteiger partial charge in [0.05, 0.1) is 17.8 Å². The first kappa shape index (κ1) is 17.2. The Labute approximate surface area is 127 Å². The maximum atomic E-state index is 12.3. The topological polar surface area (TPSA) is 67.2 Å². The highest BCUT2D eigenvalue weighted by molar-refractivity contribution is 5.97. The van der Waals surface area contributed by atoms with Crippen molar-refractivity contribution in [2.75, 3.05) is 18.4 Å². The number of anilines is 1. The first-order valence-corrected chi connectivity index (χ1v) is 6.60. The van der Waals surface area contributed by atoms with Crippen LogP contribution in [-0.2, 0) is 16.1 Å². The predicted octanol–water partition coefficient (Wildman–Crippen LogP) is 1.50. The van der Waals surface area contributed by atoms with Gasteiger partial charge in [0.25, 0.3) is 6.43 Å². The number of carbonyl (C=O) groups is 2. The molecule has 1 atom stereocenters. The highest BCUT2D eigenvalue weighted by Crippen LogP contribution is 2.24. The van der Waals surface area contributed by atoms with Gasteiger partial charge in [-0.2, -0.15) is 18.3 Å². The fraction of sp³-hybridized carbons (Fsp3) is 0.583. The van der Waals surface area contributed by atoms with Gasteiger partial charge >= 0.3 is 6.18 Å². The lowest BCUT2D eigenvalue weighted by molar-refractivity contribution is -0.157. The molecule has 23 heavy (non-hydrogen) atoms. The third-order valence-corrected chi connectivity index (χ3v) is 3.18. The number of likely N-dealkylation sites (tertiary alicyclic amines) is 1. The number of nitrogens with zero attached hydrogens (tertiary/aromatic N) is 3. The summed E-state index contributed by atoms with van der Waals surface area (Å²) in [7, 11) is 0. The van der Waals surface area contributed by atoms with Crippen molar-refractivity contribution in [3.05, 3.63) is 12.4 Å². The van der Waals surface area contributed by atoms with Crippen LogP contribution < -0.4 is 5.32 Å². The average molecular weight is 340 g/mol. The maximum absolute atomic E-state index is 12.3. The fourth-order valence-corrected chi connectivity index (χ4v) is 2.23. The number of alkyl halides is 5. The number of nitrogens with one attached hydrogen (secondary N) is 1. The van der Waals surface area contributed by atoms with Crippen molar-refractivity contribution in [3.63, 3.8) is 0 Å². The molecule has 1 fully saturated rings. The Balaban J connectivity index is 1.91. The molecular weight excluding hydrogens is 327 g/mol. The van der Waals surface area contributed by atoms with E-state index < -0.39 is 43.4 Å². The number of carbonyl (C=O) groups excluding carboxylic acids is 2. The van der Waals surface area contributed by atoms with E-state index in [0.29, 0.717) is 4.90 Å². The summed E-state index contributed by atoms with van der Waals surface area (Å²) >= 11 is 0. The van der Waals surface area contributed by atoms with Gasteiger partial charge < -0.3 is 10.2 Å². The van der Waals surface area contributed by atoms with Crippen LogP contribution in [0.25, 0.3) is 0 Å². The quantitative estimate of drug-likeness (QED) is 0.826. The highest BCUT2D eigenvalue weighted by atomic mass is 19.4. The summed E-state index contributed by atoms with van der Waals surface area (Å²) in [6.07, 6.45) is -5.15. The zero-order valence-electron chi connectivity index (χ0n) is 11.7. The molecule has 2 rings (SSSR count). The first-order chi connectivity index (χ1) is 10.6. The Hall–Kier alpha value is -2.20. The zero-order valence-corrected chi connectivity index (χ0v) is 11.7. The van der Waals surface area contributed by atoms with E-state index in [1.54, 1.807) is 0 Å². The zero-order chi connectivity index (χ0) is 17.2. The van der Waals surface area contributed by atoms with Crippen molar-refractivity contribution in [1.29, 1.82) is 0 Å². The number of hydrogen-bond donors (Lipinski definition) is 1. The molecule has 0 aliphatic carbocycles. The van der Waals surface area contributed by atoms with Crippen LogP contribution in [0.3, 0.4) is 0 Å². The van der Waals surface area contributed by atoms with Crippen molar-refractivity contribution in [2.45, 2.75) is 25.6 Å². The van der Waals surface area contributed by atoms with E-state index in [1.807, 2.05) is 0 Å². The van der Waals surface area contributed by atoms with Gasteiger partial charge in [0.2, 0.25) is 11.8 Å². The van der Waals surface area contributed by atoms with Crippen LogP contribution in [0.15, 0.2) is 12.4 Å². The van der Waals surface area contributed by atoms with Gasteiger partial charge in [-0.25, -0.2) is 8.78 Å². The van der Waals surface area contributed by atoms with E-state index in [1.165, 1.54) is 6.20 Å². The highest BCUT2D eigenvalue weighted by Gasteiger charge is 2.40. The summed E-state index contributed by atoms with van der Waals surface area (Å²) in [6, 6.07) is 0. The molecule has 2 heterocycles. The number of amides is 2. The number of halogens is 5. The lowest BCUT2D eigenvalue weighted by Gasteiger charge is -2.18. The lowest BCUT2D eigenvalue weighted by Crippen LogP contribution is -2.36. The van der Waals surface area contributed by atoms with Crippen LogP contribution in [0.5, 0.6) is 0 Å². The van der Waals surface area contributed by atoms with Crippen molar-refractivity contribution in [3.8, 4) is 0 Å². The molecule has 0 aromatic carbocycles. The van der Waals surface area contributed by atoms with Crippen LogP contribution in [0.1, 0.15) is 6.42 Å². The van der Waals surface area contributed by atoms with Gasteiger partial charge in [0.1, 0.15) is 13.1 Å². The van der Waals surface area contributed by atoms with Crippen molar-refractivity contribution < 1.29 is 31.5 Å². The average Bonchev–Trinajstić information content (AvgIpc) is 2.95. The molecule has 0 spiro atoms. The molecule has 6 nitrogen and oxygen atoms in total. The normalized spacial score (nSPS) is 18.8. The van der Waals surface area contributed by atoms with Gasteiger partial charge in [-0.05, 0) is 0 Å². The molecule has 1 saturated heterocycles. The van der Waals surface area contributed by atoms with Gasteiger partial charge in [0.15, 0.2) is 0 Å². The summed E-state index contributed by atoms with van der Waals surface area (Å²) in [5.41, 5.74) is 0.136. The lowest BCUT2D eigenvalue weighted by atomic mass is 10.1. The third-order valence-electron chi connectivity index (χ3n) is 3.18. The van der Waals surface area contributed by atoms with E-state index in [0.717, 1.165) is 10.9 Å². The summed E-state index contributed by atoms with van der Waals surface area (Å²) in [5.74, 6) is -2.33. The number of rotatable bonds is 5. The molecule has 1 aromatic heterocycles. The minimum atomic E-state index is -4.53. The first-order valence-electron chi connectivity index (χ1n) is 6.60. The predicted molar refractivity (Wildman–Crippen MR) is 67.6 cm³/mol. The Morgan fingerprint density at radius 2 is 2.13 bits per heavy atom. The monoisotopic (exact) mass is 340 g/mol. The van der Waals surface area contributed by atoms with Gasteiger partial charge in [-0.1, -0.05) is 0 Å². The summed E-state index contributed by atoms with van der Waals surface area (Å²) in [6.45, 7) is -2.38. The molecule has 0 saturated carbocycles. The Morgan fingerprint density at radius 1 is 1.43 bits per heavy atom. The molecule has 1 N–H and O–H groups in total. The summed E-state index contributed by atoms with van der Waals surface area (Å²) in [5, 5.41) is 5.96. The van der Waals surface area contributed by atoms with E-state index >= 15 is 0 Å². The minimum absolute atomic E-state index is 0.136. The van der Waals surface area contributed by atoms with Gasteiger partial charge in [-0.3, -0.25) is 14.3 Å². The van der Waals surface area contributed by atoms with Crippen LogP contribution in [0.4, 0.5) is 27.6 Å². The van der Waals surface area contributed by atoms with E-state index in [2.05, 4.69) is 10.4 Å². The molecule has 0 bridgehead atoms. The fourth-order valence-electron chi connectivity index (χ4n) is 2.23. The second-order valence-corrected chi connectivity index (χ2v) is 5.12. The third kappa shape index (κ3) is 4.89. The molecule has 0 radical (unpaired) electrons. The van der Waals surface area contributed by atoms with Crippen LogP contribution >= 0.6 is 0 Å². The number of hydrogen-bond acceptors (Lipinski definition) is 3. The number of aromatic nitrogens is 2. The van der Waals surface area contributed by atoms with Crippen LogP contribution in [-0.4, -0.2) is 52.2 Å². The second kappa shape index (κ2) is 6.50. The standard InChI is InChI=1S/C12H13F5N4O2/c13-9(14)5-21-4-8(2-18-21)19-11(23)7-1-10(22)20(3-7)6-12(15,16)17/h2,4,7,9H,1,3,5-6H2,(H,19,23)/t7-/m0/s1. The summed E-state index contributed by atoms with van der Waals surface area (Å²) < 4.78 is 62.2. The molecule has 1 aliphatic rings. The minimum Gasteiger partial charge on any atom is -0.333 e. The largest absolute Gasteiger partial charge is 0.406 e. The Kier molecular flexibility index (Phi) is 4.85. The van der Waals surface area contributed by atoms with Crippen LogP contribution in [0, 0.1) is 5.92 Å². The van der Waals surface area contributed by atoms with Gasteiger partial charge in [-0.15, -0.1) is 0 Å². The molecule has 1 aliphatic heterocycles. The van der Waals surface area contributed by atoms with Crippen molar-refractivity contribution >= 4 is 17.5 Å². The van der Waals surface area contributed by atoms with Crippen molar-refractivity contribution in [1.82, 2.24) is 14.7 Å². The van der Waals surface area contributed by atoms with E-state index in [4.69, 9.17) is 0 Å². The molecule has 1 aromatic rings. The van der Waals surface area contributed by atoms with E-state index in [9.17, 15) is 31.5 Å². The summed E-state index contributed by atoms with van der Waals surface area (Å²) in [4.78, 5) is 24.0. The molecule has 0 unspecified atom stereocenters.